The van der Waals surface area contributed by atoms with Crippen molar-refractivity contribution < 1.29 is 42.2 Å². The summed E-state index contributed by atoms with van der Waals surface area (Å²) in [6.07, 6.45) is -0.964. The Balaban J connectivity index is 1.49. The number of aliphatic hydroxyl groups is 1. The number of hydrogen-bond donors (Lipinski definition) is 4. The van der Waals surface area contributed by atoms with Gasteiger partial charge in [0.15, 0.2) is 23.4 Å². The minimum atomic E-state index is -1.35. The monoisotopic (exact) mass is 659 g/mol. The van der Waals surface area contributed by atoms with E-state index in [1.165, 1.54) is 19.2 Å². The molecule has 4 bridgehead atoms. The first-order chi connectivity index (χ1) is 22.9. The van der Waals surface area contributed by atoms with Crippen molar-refractivity contribution in [2.45, 2.75) is 63.9 Å². The van der Waals surface area contributed by atoms with Crippen LogP contribution >= 0.6 is 0 Å². The standard InChI is InChI=1S/C34H34FN5O8/c1-14(2)24-31-40-25(30-37-22(13-46-30)32(44)45-5)27(48-31)34-18-12-17(35)7-8-20(18)38-33(34)47-23-9-6-16(10-19(23)34)11-21(28(42)39-24)36-29(43)26(41)15(3)4/h6-10,12-15,21,24,26,33,38,41H,11H2,1-5H3,(H,36,43)(H,39,42)/t21-,24-,26-,33+,34-/m0/s1. The molecule has 48 heavy (non-hydrogen) atoms. The van der Waals surface area contributed by atoms with Gasteiger partial charge in [-0.2, -0.15) is 0 Å². The van der Waals surface area contributed by atoms with Gasteiger partial charge < -0.3 is 39.4 Å². The highest BCUT2D eigenvalue weighted by Gasteiger charge is 2.61. The van der Waals surface area contributed by atoms with Crippen LogP contribution < -0.4 is 20.7 Å². The topological polar surface area (TPSA) is 178 Å². The van der Waals surface area contributed by atoms with E-state index in [0.29, 0.717) is 28.1 Å². The van der Waals surface area contributed by atoms with Crippen LogP contribution in [0.5, 0.6) is 5.75 Å². The number of nitrogens with zero attached hydrogens (tertiary/aromatic N) is 2. The molecule has 5 heterocycles. The van der Waals surface area contributed by atoms with Gasteiger partial charge in [0, 0.05) is 23.2 Å². The lowest BCUT2D eigenvalue weighted by atomic mass is 9.72. The Labute approximate surface area is 274 Å². The molecule has 13 nitrogen and oxygen atoms in total. The van der Waals surface area contributed by atoms with Gasteiger partial charge >= 0.3 is 5.97 Å². The minimum absolute atomic E-state index is 0.0616. The predicted molar refractivity (Wildman–Crippen MR) is 166 cm³/mol. The molecule has 2 amide bonds. The number of aliphatic hydroxyl groups excluding tert-OH is 1. The molecule has 3 aliphatic heterocycles. The zero-order valence-electron chi connectivity index (χ0n) is 26.8. The summed E-state index contributed by atoms with van der Waals surface area (Å²) in [5.41, 5.74) is 0.980. The highest BCUT2D eigenvalue weighted by Crippen LogP contribution is 2.59. The van der Waals surface area contributed by atoms with Crippen molar-refractivity contribution in [2.75, 3.05) is 12.4 Å². The fourth-order valence-electron chi connectivity index (χ4n) is 6.60. The number of nitrogens with one attached hydrogen (secondary N) is 3. The molecule has 14 heteroatoms. The Kier molecular flexibility index (Phi) is 7.50. The lowest BCUT2D eigenvalue weighted by Gasteiger charge is -2.29. The number of esters is 1. The van der Waals surface area contributed by atoms with E-state index >= 15 is 4.39 Å². The summed E-state index contributed by atoms with van der Waals surface area (Å²) in [7, 11) is 1.22. The number of aromatic nitrogens is 2. The van der Waals surface area contributed by atoms with Crippen molar-refractivity contribution >= 4 is 23.5 Å². The van der Waals surface area contributed by atoms with Gasteiger partial charge in [0.25, 0.3) is 0 Å². The van der Waals surface area contributed by atoms with Gasteiger partial charge in [-0.3, -0.25) is 9.59 Å². The molecule has 0 saturated heterocycles. The smallest absolute Gasteiger partial charge is 0.360 e. The molecule has 2 aromatic heterocycles. The fourth-order valence-corrected chi connectivity index (χ4v) is 6.60. The Morgan fingerprint density at radius 3 is 2.62 bits per heavy atom. The quantitative estimate of drug-likeness (QED) is 0.222. The molecule has 3 aliphatic rings. The number of oxazole rings is 2. The van der Waals surface area contributed by atoms with E-state index in [1.807, 2.05) is 19.9 Å². The molecule has 7 rings (SSSR count). The van der Waals surface area contributed by atoms with E-state index in [1.54, 1.807) is 32.0 Å². The molecule has 2 aromatic carbocycles. The summed E-state index contributed by atoms with van der Waals surface area (Å²) < 4.78 is 38.8. The average Bonchev–Trinajstić information content (AvgIpc) is 3.83. The Morgan fingerprint density at radius 2 is 1.90 bits per heavy atom. The highest BCUT2D eigenvalue weighted by atomic mass is 19.1. The molecule has 0 aliphatic carbocycles. The molecule has 250 valence electrons. The maximum Gasteiger partial charge on any atom is 0.360 e. The average molecular weight is 660 g/mol. The summed E-state index contributed by atoms with van der Waals surface area (Å²) in [4.78, 5) is 48.5. The Morgan fingerprint density at radius 1 is 1.10 bits per heavy atom. The van der Waals surface area contributed by atoms with Crippen LogP contribution in [0.4, 0.5) is 10.1 Å². The van der Waals surface area contributed by atoms with Crippen molar-refractivity contribution in [3.8, 4) is 17.3 Å². The predicted octanol–water partition coefficient (Wildman–Crippen LogP) is 3.60. The lowest BCUT2D eigenvalue weighted by Crippen LogP contribution is -2.52. The number of halogens is 1. The van der Waals surface area contributed by atoms with Gasteiger partial charge in [-0.25, -0.2) is 19.2 Å². The third-order valence-corrected chi connectivity index (χ3v) is 9.11. The summed E-state index contributed by atoms with van der Waals surface area (Å²) in [5.74, 6) is -2.42. The lowest BCUT2D eigenvalue weighted by molar-refractivity contribution is -0.135. The number of benzene rings is 2. The molecule has 0 unspecified atom stereocenters. The van der Waals surface area contributed by atoms with Crippen molar-refractivity contribution in [1.82, 2.24) is 20.6 Å². The van der Waals surface area contributed by atoms with Crippen molar-refractivity contribution in [3.63, 3.8) is 0 Å². The van der Waals surface area contributed by atoms with Crippen LogP contribution in [0.1, 0.15) is 72.6 Å². The van der Waals surface area contributed by atoms with E-state index in [-0.39, 0.29) is 47.2 Å². The molecule has 4 N–H and O–H groups in total. The molecule has 4 aromatic rings. The third kappa shape index (κ3) is 4.81. The zero-order chi connectivity index (χ0) is 34.1. The van der Waals surface area contributed by atoms with Gasteiger partial charge in [-0.15, -0.1) is 0 Å². The summed E-state index contributed by atoms with van der Waals surface area (Å²) in [5, 5.41) is 19.5. The maximum atomic E-state index is 15.1. The maximum absolute atomic E-state index is 15.1. The van der Waals surface area contributed by atoms with Gasteiger partial charge in [0.1, 0.15) is 41.4 Å². The SMILES string of the molecule is COC(=O)c1coc(-c2nc3oc2[C@@]24c5cc(F)ccc5N[C@@H]2Oc2ccc(cc24)C[C@H](NC(=O)[C@@H](O)C(C)C)C(=O)N[C@H]3C(C)C)n1. The minimum Gasteiger partial charge on any atom is -0.469 e. The number of amides is 2. The van der Waals surface area contributed by atoms with Crippen LogP contribution in [0, 0.1) is 17.7 Å². The van der Waals surface area contributed by atoms with Gasteiger partial charge in [-0.05, 0) is 41.7 Å². The molecule has 0 saturated carbocycles. The summed E-state index contributed by atoms with van der Waals surface area (Å²) >= 11 is 0. The second-order valence-corrected chi connectivity index (χ2v) is 12.9. The van der Waals surface area contributed by atoms with Crippen LogP contribution in [-0.4, -0.2) is 58.3 Å². The number of methoxy groups -OCH3 is 1. The second kappa shape index (κ2) is 11.5. The van der Waals surface area contributed by atoms with E-state index < -0.39 is 53.4 Å². The van der Waals surface area contributed by atoms with Crippen LogP contribution in [0.2, 0.25) is 0 Å². The van der Waals surface area contributed by atoms with Gasteiger partial charge in [0.2, 0.25) is 23.6 Å². The van der Waals surface area contributed by atoms with Crippen LogP contribution in [0.3, 0.4) is 0 Å². The Bertz CT molecular complexity index is 1950. The molecular formula is C34H34FN5O8. The number of rotatable bonds is 6. The van der Waals surface area contributed by atoms with Gasteiger partial charge in [-0.1, -0.05) is 39.8 Å². The third-order valence-electron chi connectivity index (χ3n) is 9.11. The first kappa shape index (κ1) is 31.4. The van der Waals surface area contributed by atoms with Gasteiger partial charge in [0.05, 0.1) is 7.11 Å². The molecular weight excluding hydrogens is 625 g/mol. The van der Waals surface area contributed by atoms with E-state index in [2.05, 4.69) is 20.9 Å². The fraction of sp³-hybridized carbons (Fsp3) is 0.382. The van der Waals surface area contributed by atoms with E-state index in [0.717, 1.165) is 6.26 Å². The zero-order valence-corrected chi connectivity index (χ0v) is 26.8. The van der Waals surface area contributed by atoms with Crippen molar-refractivity contribution in [1.29, 1.82) is 0 Å². The normalized spacial score (nSPS) is 22.9. The largest absolute Gasteiger partial charge is 0.469 e. The number of hydrogen-bond acceptors (Lipinski definition) is 11. The number of fused-ring (bicyclic) bond motifs is 4. The van der Waals surface area contributed by atoms with E-state index in [9.17, 15) is 19.5 Å². The number of carbonyl (C=O) groups excluding carboxylic acids is 3. The number of ether oxygens (including phenoxy) is 2. The van der Waals surface area contributed by atoms with Crippen molar-refractivity contribution in [2.24, 2.45) is 11.8 Å². The molecule has 5 atom stereocenters. The molecule has 0 fully saturated rings. The van der Waals surface area contributed by atoms with Crippen molar-refractivity contribution in [3.05, 3.63) is 82.5 Å². The molecule has 1 spiro atoms. The number of carbonyl (C=O) groups is 3. The molecule has 0 radical (unpaired) electrons. The highest BCUT2D eigenvalue weighted by molar-refractivity contribution is 5.90. The van der Waals surface area contributed by atoms with Crippen LogP contribution in [-0.2, 0) is 26.2 Å². The van der Waals surface area contributed by atoms with Crippen LogP contribution in [0.15, 0.2) is 51.5 Å². The Hall–Kier alpha value is -5.24. The van der Waals surface area contributed by atoms with E-state index in [4.69, 9.17) is 23.3 Å². The summed E-state index contributed by atoms with van der Waals surface area (Å²) in [6, 6.07) is 7.78. The first-order valence-corrected chi connectivity index (χ1v) is 15.6. The number of anilines is 1. The first-order valence-electron chi connectivity index (χ1n) is 15.6. The van der Waals surface area contributed by atoms with Crippen LogP contribution in [0.25, 0.3) is 11.6 Å². The second-order valence-electron chi connectivity index (χ2n) is 12.9. The summed E-state index contributed by atoms with van der Waals surface area (Å²) in [6.45, 7) is 7.12.